The van der Waals surface area contributed by atoms with Gasteiger partial charge in [0.05, 0.1) is 0 Å². The molecule has 0 saturated heterocycles. The van der Waals surface area contributed by atoms with Gasteiger partial charge in [0.25, 0.3) is 0 Å². The Morgan fingerprint density at radius 2 is 1.56 bits per heavy atom. The van der Waals surface area contributed by atoms with Crippen LogP contribution in [0.1, 0.15) is 13.3 Å². The molecule has 16 heavy (non-hydrogen) atoms. The molecular formula is C12H21O3Zr. The van der Waals surface area contributed by atoms with E-state index in [1.165, 1.54) is 0 Å². The number of ether oxygens (including phenoxy) is 2. The Morgan fingerprint density at radius 3 is 1.88 bits per heavy atom. The zero-order valence-electron chi connectivity index (χ0n) is 10.0. The third-order valence-electron chi connectivity index (χ3n) is 2.42. The van der Waals surface area contributed by atoms with Gasteiger partial charge < -0.3 is 0 Å². The fourth-order valence-corrected chi connectivity index (χ4v) is 2.05. The molecule has 0 atom stereocenters. The van der Waals surface area contributed by atoms with Crippen molar-refractivity contribution in [2.45, 2.75) is 13.3 Å². The Balaban J connectivity index is 4.18. The van der Waals surface area contributed by atoms with E-state index in [9.17, 15) is 0 Å². The molecule has 0 saturated carbocycles. The molecule has 0 spiro atoms. The van der Waals surface area contributed by atoms with E-state index in [1.807, 2.05) is 0 Å². The molecule has 0 N–H and O–H groups in total. The third-order valence-corrected chi connectivity index (χ3v) is 2.77. The van der Waals surface area contributed by atoms with E-state index in [2.05, 4.69) is 20.1 Å². The third kappa shape index (κ3) is 6.75. The summed E-state index contributed by atoms with van der Waals surface area (Å²) in [5, 5.41) is 0. The van der Waals surface area contributed by atoms with Crippen LogP contribution in [0.25, 0.3) is 0 Å². The summed E-state index contributed by atoms with van der Waals surface area (Å²) in [7, 11) is 0. The summed E-state index contributed by atoms with van der Waals surface area (Å²) in [4.78, 5) is 0. The summed E-state index contributed by atoms with van der Waals surface area (Å²) in [5.41, 5.74) is -0.0462. The molecule has 0 aromatic heterocycles. The normalized spacial score (nSPS) is 11.2. The first-order valence-electron chi connectivity index (χ1n) is 5.40. The van der Waals surface area contributed by atoms with Crippen LogP contribution in [0, 0.1) is 5.41 Å². The van der Waals surface area contributed by atoms with Gasteiger partial charge in [0, 0.05) is 0 Å². The van der Waals surface area contributed by atoms with Gasteiger partial charge in [-0.2, -0.15) is 0 Å². The van der Waals surface area contributed by atoms with Crippen molar-refractivity contribution < 1.29 is 37.4 Å². The maximum atomic E-state index is 5.53. The van der Waals surface area contributed by atoms with E-state index in [0.29, 0.717) is 33.0 Å². The minimum atomic E-state index is -0.0462. The topological polar surface area (TPSA) is 27.7 Å². The van der Waals surface area contributed by atoms with Crippen LogP contribution in [-0.2, 0) is 37.4 Å². The van der Waals surface area contributed by atoms with E-state index >= 15 is 0 Å². The fraction of sp³-hybridized carbons (Fsp3) is 0.667. The molecule has 3 nitrogen and oxygen atoms in total. The first-order chi connectivity index (χ1) is 7.74. The molecule has 0 amide bonds. The molecule has 0 aliphatic rings. The van der Waals surface area contributed by atoms with Crippen LogP contribution < -0.4 is 0 Å². The molecule has 91 valence electrons. The molecule has 0 radical (unpaired) electrons. The van der Waals surface area contributed by atoms with Crippen LogP contribution >= 0.6 is 0 Å². The SMILES string of the molecule is C=CCOCC(CC)(C[O][Zr])COCC=C. The van der Waals surface area contributed by atoms with E-state index in [1.54, 1.807) is 12.2 Å². The van der Waals surface area contributed by atoms with Crippen molar-refractivity contribution in [3.05, 3.63) is 25.3 Å². The van der Waals surface area contributed by atoms with Crippen molar-refractivity contribution in [3.63, 3.8) is 0 Å². The fourth-order valence-electron chi connectivity index (χ4n) is 1.30. The Bertz CT molecular complexity index is 181. The molecule has 0 aromatic carbocycles. The molecule has 0 heterocycles. The van der Waals surface area contributed by atoms with Gasteiger partial charge in [0.2, 0.25) is 0 Å². The van der Waals surface area contributed by atoms with Gasteiger partial charge in [-0.3, -0.25) is 0 Å². The first-order valence-corrected chi connectivity index (χ1v) is 6.41. The van der Waals surface area contributed by atoms with Gasteiger partial charge in [0.15, 0.2) is 0 Å². The second-order valence-corrected chi connectivity index (χ2v) is 4.46. The predicted octanol–water partition coefficient (Wildman–Crippen LogP) is 2.27. The molecule has 0 aliphatic heterocycles. The Labute approximate surface area is 114 Å². The van der Waals surface area contributed by atoms with Gasteiger partial charge in [-0.1, -0.05) is 0 Å². The average molecular weight is 305 g/mol. The van der Waals surface area contributed by atoms with Gasteiger partial charge in [0.1, 0.15) is 0 Å². The van der Waals surface area contributed by atoms with Crippen LogP contribution in [0.4, 0.5) is 0 Å². The van der Waals surface area contributed by atoms with E-state index < -0.39 is 0 Å². The molecule has 0 unspecified atom stereocenters. The van der Waals surface area contributed by atoms with E-state index in [0.717, 1.165) is 31.6 Å². The summed E-state index contributed by atoms with van der Waals surface area (Å²) in [6, 6.07) is 0. The molecule has 0 fully saturated rings. The first kappa shape index (κ1) is 16.2. The van der Waals surface area contributed by atoms with Crippen LogP contribution in [0.3, 0.4) is 0 Å². The van der Waals surface area contributed by atoms with Crippen molar-refractivity contribution in [2.75, 3.05) is 33.0 Å². The second kappa shape index (κ2) is 10.4. The molecule has 0 rings (SSSR count). The quantitative estimate of drug-likeness (QED) is 0.433. The Morgan fingerprint density at radius 1 is 1.06 bits per heavy atom. The average Bonchev–Trinajstić information content (AvgIpc) is 2.29. The van der Waals surface area contributed by atoms with Crippen LogP contribution in [0.15, 0.2) is 25.3 Å². The zero-order valence-corrected chi connectivity index (χ0v) is 12.5. The standard InChI is InChI=1S/C12H21O3.Zr/c1-4-7-14-10-12(6-3,9-13)11-15-8-5-2;/h4-5H,1-2,6-11H2,3H3;/q-1;+1. The van der Waals surface area contributed by atoms with Gasteiger partial charge in [-0.25, -0.2) is 0 Å². The summed E-state index contributed by atoms with van der Waals surface area (Å²) in [6.45, 7) is 12.5. The molecular weight excluding hydrogens is 283 g/mol. The minimum absolute atomic E-state index is 0.0462. The molecule has 0 bridgehead atoms. The van der Waals surface area contributed by atoms with E-state index in [4.69, 9.17) is 12.3 Å². The molecule has 0 aliphatic carbocycles. The Kier molecular flexibility index (Phi) is 10.6. The predicted molar refractivity (Wildman–Crippen MR) is 60.7 cm³/mol. The van der Waals surface area contributed by atoms with Crippen LogP contribution in [0.2, 0.25) is 0 Å². The molecule has 4 heteroatoms. The summed E-state index contributed by atoms with van der Waals surface area (Å²) in [5.74, 6) is 0. The maximum absolute atomic E-state index is 5.53. The van der Waals surface area contributed by atoms with Crippen LogP contribution in [-0.4, -0.2) is 33.0 Å². The number of rotatable bonds is 11. The van der Waals surface area contributed by atoms with Crippen molar-refractivity contribution >= 4 is 0 Å². The van der Waals surface area contributed by atoms with Crippen molar-refractivity contribution in [1.29, 1.82) is 0 Å². The molecule has 0 aromatic rings. The number of hydrogen-bond donors (Lipinski definition) is 0. The second-order valence-electron chi connectivity index (χ2n) is 3.75. The van der Waals surface area contributed by atoms with Gasteiger partial charge in [-0.15, -0.1) is 0 Å². The number of hydrogen-bond acceptors (Lipinski definition) is 3. The van der Waals surface area contributed by atoms with Gasteiger partial charge in [-0.05, 0) is 0 Å². The van der Waals surface area contributed by atoms with Gasteiger partial charge >= 0.3 is 115 Å². The zero-order chi connectivity index (χ0) is 12.3. The Hall–Kier alpha value is 0.243. The summed E-state index contributed by atoms with van der Waals surface area (Å²) < 4.78 is 16.4. The van der Waals surface area contributed by atoms with Crippen molar-refractivity contribution in [1.82, 2.24) is 0 Å². The van der Waals surface area contributed by atoms with Crippen LogP contribution in [0.5, 0.6) is 0 Å². The van der Waals surface area contributed by atoms with E-state index in [-0.39, 0.29) is 5.41 Å². The van der Waals surface area contributed by atoms with Crippen molar-refractivity contribution in [2.24, 2.45) is 5.41 Å². The summed E-state index contributed by atoms with van der Waals surface area (Å²) >= 11 is 1.08. The summed E-state index contributed by atoms with van der Waals surface area (Å²) in [6.07, 6.45) is 4.47. The monoisotopic (exact) mass is 303 g/mol. The van der Waals surface area contributed by atoms with Crippen molar-refractivity contribution in [3.8, 4) is 0 Å².